The molecule has 0 aliphatic heterocycles. The molecular formula is C20H20ClNO3. The second-order valence-corrected chi connectivity index (χ2v) is 6.80. The lowest BCUT2D eigenvalue weighted by atomic mass is 9.96. The van der Waals surface area contributed by atoms with Gasteiger partial charge in [0.1, 0.15) is 0 Å². The van der Waals surface area contributed by atoms with Crippen LogP contribution < -0.4 is 5.32 Å². The molecule has 0 aromatic heterocycles. The fourth-order valence-corrected chi connectivity index (χ4v) is 3.10. The number of hydrogen-bond acceptors (Lipinski definition) is 3. The van der Waals surface area contributed by atoms with Gasteiger partial charge in [-0.25, -0.2) is 0 Å². The lowest BCUT2D eigenvalue weighted by molar-refractivity contribution is -0.151. The van der Waals surface area contributed by atoms with E-state index in [1.54, 1.807) is 12.1 Å². The van der Waals surface area contributed by atoms with E-state index in [-0.39, 0.29) is 24.5 Å². The summed E-state index contributed by atoms with van der Waals surface area (Å²) >= 11 is 5.96. The highest BCUT2D eigenvalue weighted by Crippen LogP contribution is 2.49. The van der Waals surface area contributed by atoms with Crippen molar-refractivity contribution in [2.45, 2.75) is 31.2 Å². The third-order valence-electron chi connectivity index (χ3n) is 4.53. The highest BCUT2D eigenvalue weighted by atomic mass is 35.5. The molecule has 3 rings (SSSR count). The molecule has 1 N–H and O–H groups in total. The molecule has 1 atom stereocenters. The first-order chi connectivity index (χ1) is 12.0. The number of rotatable bonds is 6. The summed E-state index contributed by atoms with van der Waals surface area (Å²) in [6.07, 6.45) is 1.52. The number of carbonyl (C=O) groups is 2. The average Bonchev–Trinajstić information content (AvgIpc) is 3.42. The van der Waals surface area contributed by atoms with Crippen LogP contribution in [0, 0.1) is 0 Å². The van der Waals surface area contributed by atoms with Gasteiger partial charge >= 0.3 is 5.97 Å². The number of halogens is 1. The van der Waals surface area contributed by atoms with Crippen LogP contribution in [0.25, 0.3) is 0 Å². The van der Waals surface area contributed by atoms with E-state index < -0.39 is 5.41 Å². The number of amides is 1. The maximum Gasteiger partial charge on any atom is 0.317 e. The van der Waals surface area contributed by atoms with Gasteiger partial charge in [0, 0.05) is 5.02 Å². The molecule has 1 aliphatic carbocycles. The van der Waals surface area contributed by atoms with Gasteiger partial charge in [0.2, 0.25) is 0 Å². The van der Waals surface area contributed by atoms with Gasteiger partial charge in [-0.2, -0.15) is 0 Å². The third kappa shape index (κ3) is 4.02. The van der Waals surface area contributed by atoms with E-state index in [0.29, 0.717) is 5.02 Å². The van der Waals surface area contributed by atoms with Crippen LogP contribution in [0.3, 0.4) is 0 Å². The van der Waals surface area contributed by atoms with Crippen molar-refractivity contribution in [1.82, 2.24) is 5.32 Å². The summed E-state index contributed by atoms with van der Waals surface area (Å²) in [4.78, 5) is 24.5. The summed E-state index contributed by atoms with van der Waals surface area (Å²) in [5.74, 6) is -0.658. The van der Waals surface area contributed by atoms with E-state index >= 15 is 0 Å². The number of esters is 1. The molecule has 4 nitrogen and oxygen atoms in total. The monoisotopic (exact) mass is 357 g/mol. The molecular weight excluding hydrogens is 338 g/mol. The van der Waals surface area contributed by atoms with Crippen molar-refractivity contribution >= 4 is 23.5 Å². The molecule has 1 aliphatic rings. The van der Waals surface area contributed by atoms with E-state index in [2.05, 4.69) is 5.32 Å². The predicted octanol–water partition coefficient (Wildman–Crippen LogP) is 3.79. The molecule has 130 valence electrons. The van der Waals surface area contributed by atoms with Crippen LogP contribution in [0.5, 0.6) is 0 Å². The Balaban J connectivity index is 1.53. The summed E-state index contributed by atoms with van der Waals surface area (Å²) in [5, 5.41) is 3.43. The normalized spacial score (nSPS) is 15.9. The van der Waals surface area contributed by atoms with Crippen molar-refractivity contribution in [3.8, 4) is 0 Å². The first-order valence-corrected chi connectivity index (χ1v) is 8.67. The summed E-state index contributed by atoms with van der Waals surface area (Å²) in [5.41, 5.74) is 1.28. The first kappa shape index (κ1) is 17.5. The maximum atomic E-state index is 12.4. The minimum Gasteiger partial charge on any atom is -0.455 e. The van der Waals surface area contributed by atoms with Crippen LogP contribution in [0.1, 0.15) is 36.9 Å². The van der Waals surface area contributed by atoms with E-state index in [0.717, 1.165) is 24.0 Å². The summed E-state index contributed by atoms with van der Waals surface area (Å²) < 4.78 is 5.27. The molecule has 0 heterocycles. The zero-order chi connectivity index (χ0) is 17.9. The molecule has 0 unspecified atom stereocenters. The molecule has 2 aromatic rings. The van der Waals surface area contributed by atoms with Gasteiger partial charge in [-0.15, -0.1) is 0 Å². The van der Waals surface area contributed by atoms with Crippen molar-refractivity contribution in [2.75, 3.05) is 6.61 Å². The summed E-state index contributed by atoms with van der Waals surface area (Å²) in [7, 11) is 0. The number of nitrogens with one attached hydrogen (secondary N) is 1. The van der Waals surface area contributed by atoms with Crippen LogP contribution in [-0.4, -0.2) is 18.5 Å². The smallest absolute Gasteiger partial charge is 0.317 e. The number of ether oxygens (including phenoxy) is 1. The van der Waals surface area contributed by atoms with Crippen molar-refractivity contribution < 1.29 is 14.3 Å². The Kier molecular flexibility index (Phi) is 5.09. The van der Waals surface area contributed by atoms with Crippen molar-refractivity contribution in [3.05, 3.63) is 70.7 Å². The second-order valence-electron chi connectivity index (χ2n) is 6.37. The van der Waals surface area contributed by atoms with Gasteiger partial charge in [0.15, 0.2) is 6.61 Å². The van der Waals surface area contributed by atoms with Crippen LogP contribution in [-0.2, 0) is 19.7 Å². The quantitative estimate of drug-likeness (QED) is 0.800. The number of carbonyl (C=O) groups excluding carboxylic acids is 2. The van der Waals surface area contributed by atoms with Gasteiger partial charge in [0.05, 0.1) is 11.5 Å². The Morgan fingerprint density at radius 2 is 1.88 bits per heavy atom. The van der Waals surface area contributed by atoms with Gasteiger partial charge in [-0.1, -0.05) is 54.1 Å². The molecule has 1 amide bonds. The van der Waals surface area contributed by atoms with Gasteiger partial charge in [-0.05, 0) is 43.0 Å². The minimum absolute atomic E-state index is 0.214. The standard InChI is InChI=1S/C20H20ClNO3/c1-14(15-6-5-9-17(21)12-15)22-18(23)13-25-19(24)20(10-11-20)16-7-3-2-4-8-16/h2-9,12,14H,10-11,13H2,1H3,(H,22,23)/t14-/m1/s1. The highest BCUT2D eigenvalue weighted by Gasteiger charge is 2.52. The fourth-order valence-electron chi connectivity index (χ4n) is 2.90. The van der Waals surface area contributed by atoms with Gasteiger partial charge in [0.25, 0.3) is 5.91 Å². The Morgan fingerprint density at radius 3 is 2.52 bits per heavy atom. The molecule has 2 aromatic carbocycles. The Labute approximate surface area is 152 Å². The molecule has 5 heteroatoms. The highest BCUT2D eigenvalue weighted by molar-refractivity contribution is 6.30. The molecule has 0 radical (unpaired) electrons. The molecule has 25 heavy (non-hydrogen) atoms. The predicted molar refractivity (Wildman–Crippen MR) is 96.3 cm³/mol. The Hall–Kier alpha value is -2.33. The molecule has 1 saturated carbocycles. The maximum absolute atomic E-state index is 12.4. The lowest BCUT2D eigenvalue weighted by Gasteiger charge is -2.17. The summed E-state index contributed by atoms with van der Waals surface area (Å²) in [6.45, 7) is 1.58. The summed E-state index contributed by atoms with van der Waals surface area (Å²) in [6, 6.07) is 16.7. The van der Waals surface area contributed by atoms with Gasteiger partial charge < -0.3 is 10.1 Å². The van der Waals surface area contributed by atoms with Crippen molar-refractivity contribution in [2.24, 2.45) is 0 Å². The minimum atomic E-state index is -0.569. The number of hydrogen-bond donors (Lipinski definition) is 1. The van der Waals surface area contributed by atoms with Crippen LogP contribution in [0.15, 0.2) is 54.6 Å². The van der Waals surface area contributed by atoms with E-state index in [9.17, 15) is 9.59 Å². The SMILES string of the molecule is C[C@@H](NC(=O)COC(=O)C1(c2ccccc2)CC1)c1cccc(Cl)c1. The van der Waals surface area contributed by atoms with E-state index in [1.165, 1.54) is 0 Å². The van der Waals surface area contributed by atoms with Gasteiger partial charge in [-0.3, -0.25) is 9.59 Å². The lowest BCUT2D eigenvalue weighted by Crippen LogP contribution is -2.33. The van der Waals surface area contributed by atoms with Crippen LogP contribution in [0.4, 0.5) is 0 Å². The molecule has 0 saturated heterocycles. The zero-order valence-electron chi connectivity index (χ0n) is 14.0. The van der Waals surface area contributed by atoms with E-state index in [1.807, 2.05) is 49.4 Å². The molecule has 0 bridgehead atoms. The number of benzene rings is 2. The fraction of sp³-hybridized carbons (Fsp3) is 0.300. The van der Waals surface area contributed by atoms with Crippen LogP contribution in [0.2, 0.25) is 5.02 Å². The third-order valence-corrected chi connectivity index (χ3v) is 4.76. The first-order valence-electron chi connectivity index (χ1n) is 8.29. The zero-order valence-corrected chi connectivity index (χ0v) is 14.8. The van der Waals surface area contributed by atoms with Crippen molar-refractivity contribution in [1.29, 1.82) is 0 Å². The largest absolute Gasteiger partial charge is 0.455 e. The van der Waals surface area contributed by atoms with Crippen molar-refractivity contribution in [3.63, 3.8) is 0 Å². The second kappa shape index (κ2) is 7.28. The Bertz CT molecular complexity index is 772. The average molecular weight is 358 g/mol. The Morgan fingerprint density at radius 1 is 1.16 bits per heavy atom. The molecule has 1 fully saturated rings. The molecule has 0 spiro atoms. The van der Waals surface area contributed by atoms with Crippen LogP contribution >= 0.6 is 11.6 Å². The van der Waals surface area contributed by atoms with E-state index in [4.69, 9.17) is 16.3 Å². The topological polar surface area (TPSA) is 55.4 Å².